The second kappa shape index (κ2) is 11.2. The predicted octanol–water partition coefficient (Wildman–Crippen LogP) is 5.38. The van der Waals surface area contributed by atoms with Crippen LogP contribution in [0.2, 0.25) is 0 Å². The van der Waals surface area contributed by atoms with Gasteiger partial charge in [0.25, 0.3) is 5.78 Å². The Balaban J connectivity index is 1.39. The second-order valence-electron chi connectivity index (χ2n) is 9.03. The van der Waals surface area contributed by atoms with Crippen LogP contribution in [-0.2, 0) is 15.3 Å². The first-order chi connectivity index (χ1) is 19.9. The summed E-state index contributed by atoms with van der Waals surface area (Å²) in [6, 6.07) is 17.1. The van der Waals surface area contributed by atoms with Crippen LogP contribution < -0.4 is 19.1 Å². The van der Waals surface area contributed by atoms with Crippen molar-refractivity contribution in [1.82, 2.24) is 10.2 Å². The number of methoxy groups -OCH3 is 1. The third kappa shape index (κ3) is 5.11. The molecule has 0 spiro atoms. The van der Waals surface area contributed by atoms with Crippen molar-refractivity contribution in [3.05, 3.63) is 94.8 Å². The average Bonchev–Trinajstić information content (AvgIpc) is 3.58. The number of aliphatic hydroxyl groups is 1. The normalized spacial score (nSPS) is 17.6. The minimum Gasteiger partial charge on any atom is -0.507 e. The Labute approximate surface area is 242 Å². The van der Waals surface area contributed by atoms with E-state index in [0.717, 1.165) is 11.3 Å². The maximum Gasteiger partial charge on any atom is 0.301 e. The van der Waals surface area contributed by atoms with E-state index in [4.69, 9.17) is 14.2 Å². The van der Waals surface area contributed by atoms with Crippen LogP contribution in [0.3, 0.4) is 0 Å². The second-order valence-corrected chi connectivity index (χ2v) is 11.2. The van der Waals surface area contributed by atoms with E-state index in [9.17, 15) is 19.1 Å². The maximum absolute atomic E-state index is 14.1. The van der Waals surface area contributed by atoms with Gasteiger partial charge in [-0.2, -0.15) is 0 Å². The van der Waals surface area contributed by atoms with Crippen LogP contribution in [0.25, 0.3) is 5.76 Å². The molecular weight excluding hydrogens is 569 g/mol. The van der Waals surface area contributed by atoms with Crippen molar-refractivity contribution in [2.24, 2.45) is 0 Å². The van der Waals surface area contributed by atoms with Crippen molar-refractivity contribution < 1.29 is 33.3 Å². The zero-order chi connectivity index (χ0) is 28.5. The Kier molecular flexibility index (Phi) is 7.33. The largest absolute Gasteiger partial charge is 0.507 e. The number of aromatic nitrogens is 2. The van der Waals surface area contributed by atoms with Gasteiger partial charge in [0.2, 0.25) is 5.13 Å². The Hall–Kier alpha value is -4.42. The third-order valence-corrected chi connectivity index (χ3v) is 8.71. The highest BCUT2D eigenvalue weighted by Gasteiger charge is 2.48. The number of aliphatic hydroxyl groups excluding tert-OH is 1. The molecule has 2 aliphatic heterocycles. The molecule has 1 aromatic heterocycles. The van der Waals surface area contributed by atoms with E-state index < -0.39 is 17.7 Å². The van der Waals surface area contributed by atoms with Gasteiger partial charge < -0.3 is 19.3 Å². The molecule has 9 nitrogen and oxygen atoms in total. The number of amides is 1. The molecule has 0 radical (unpaired) electrons. The lowest BCUT2D eigenvalue weighted by Crippen LogP contribution is -2.29. The summed E-state index contributed by atoms with van der Waals surface area (Å²) >= 11 is 2.37. The van der Waals surface area contributed by atoms with Crippen LogP contribution >= 0.6 is 23.1 Å². The highest BCUT2D eigenvalue weighted by molar-refractivity contribution is 8.00. The number of carbonyl (C=O) groups excluding carboxylic acids is 2. The Morgan fingerprint density at radius 2 is 1.83 bits per heavy atom. The molecule has 1 saturated heterocycles. The zero-order valence-corrected chi connectivity index (χ0v) is 23.2. The van der Waals surface area contributed by atoms with Gasteiger partial charge in [-0.15, -0.1) is 10.2 Å². The van der Waals surface area contributed by atoms with Gasteiger partial charge in [0.1, 0.15) is 30.5 Å². The standard InChI is InChI=1S/C29H22FN3O6S2/c1-37-19-9-6-16(7-10-19)24-23(25(34)17-8-11-21-22(14-17)39-13-12-38-21)26(35)27(36)33(24)28-31-32-29(41-28)40-15-18-4-2-3-5-20(18)30/h2-11,14,24,34H,12-13,15H2,1H3/t24-/m0/s1. The quantitative estimate of drug-likeness (QED) is 0.0996. The van der Waals surface area contributed by atoms with Crippen LogP contribution in [0.5, 0.6) is 17.2 Å². The smallest absolute Gasteiger partial charge is 0.301 e. The lowest BCUT2D eigenvalue weighted by molar-refractivity contribution is -0.132. The van der Waals surface area contributed by atoms with Gasteiger partial charge in [-0.3, -0.25) is 14.5 Å². The molecule has 1 fully saturated rings. The SMILES string of the molecule is COc1ccc([C@H]2C(=C(O)c3ccc4c(c3)OCCO4)C(=O)C(=O)N2c2nnc(SCc3ccccc3F)s2)cc1. The van der Waals surface area contributed by atoms with Gasteiger partial charge >= 0.3 is 5.91 Å². The summed E-state index contributed by atoms with van der Waals surface area (Å²) in [6.45, 7) is 0.755. The summed E-state index contributed by atoms with van der Waals surface area (Å²) in [7, 11) is 1.53. The number of hydrogen-bond donors (Lipinski definition) is 1. The fourth-order valence-electron chi connectivity index (χ4n) is 4.59. The monoisotopic (exact) mass is 591 g/mol. The first-order valence-electron chi connectivity index (χ1n) is 12.5. The van der Waals surface area contributed by atoms with Crippen LogP contribution in [0.4, 0.5) is 9.52 Å². The fraction of sp³-hybridized carbons (Fsp3) is 0.172. The Morgan fingerprint density at radius 3 is 2.59 bits per heavy atom. The van der Waals surface area contributed by atoms with E-state index >= 15 is 0 Å². The molecule has 1 N–H and O–H groups in total. The molecule has 4 aromatic rings. The number of nitrogens with zero attached hydrogens (tertiary/aromatic N) is 3. The number of halogens is 1. The van der Waals surface area contributed by atoms with Gasteiger partial charge in [0.15, 0.2) is 15.8 Å². The molecule has 0 aliphatic carbocycles. The third-order valence-electron chi connectivity index (χ3n) is 6.60. The molecule has 41 heavy (non-hydrogen) atoms. The van der Waals surface area contributed by atoms with Crippen LogP contribution in [0, 0.1) is 5.82 Å². The van der Waals surface area contributed by atoms with Gasteiger partial charge in [-0.05, 0) is 47.5 Å². The van der Waals surface area contributed by atoms with E-state index in [1.54, 1.807) is 60.7 Å². The number of anilines is 1. The van der Waals surface area contributed by atoms with Crippen LogP contribution in [-0.4, -0.2) is 47.3 Å². The molecular formula is C29H22FN3O6S2. The average molecular weight is 592 g/mol. The number of benzene rings is 3. The van der Waals surface area contributed by atoms with E-state index in [-0.39, 0.29) is 22.3 Å². The van der Waals surface area contributed by atoms with Crippen molar-refractivity contribution >= 4 is 45.7 Å². The van der Waals surface area contributed by atoms with Gasteiger partial charge in [0, 0.05) is 11.3 Å². The number of carbonyl (C=O) groups is 2. The summed E-state index contributed by atoms with van der Waals surface area (Å²) in [5.41, 5.74) is 1.25. The number of ether oxygens (including phenoxy) is 3. The van der Waals surface area contributed by atoms with Gasteiger partial charge in [0.05, 0.1) is 18.7 Å². The highest BCUT2D eigenvalue weighted by atomic mass is 32.2. The first kappa shape index (κ1) is 26.8. The fourth-order valence-corrected chi connectivity index (χ4v) is 6.44. The van der Waals surface area contributed by atoms with Gasteiger partial charge in [-0.25, -0.2) is 4.39 Å². The van der Waals surface area contributed by atoms with Crippen molar-refractivity contribution in [2.45, 2.75) is 16.1 Å². The molecule has 6 rings (SSSR count). The van der Waals surface area contributed by atoms with Crippen molar-refractivity contribution in [3.8, 4) is 17.2 Å². The maximum atomic E-state index is 14.1. The summed E-state index contributed by atoms with van der Waals surface area (Å²) in [4.78, 5) is 28.2. The van der Waals surface area contributed by atoms with E-state index in [1.165, 1.54) is 29.8 Å². The molecule has 0 bridgehead atoms. The number of hydrogen-bond acceptors (Lipinski definition) is 10. The first-order valence-corrected chi connectivity index (χ1v) is 14.3. The highest BCUT2D eigenvalue weighted by Crippen LogP contribution is 2.45. The van der Waals surface area contributed by atoms with Crippen LogP contribution in [0.1, 0.15) is 22.7 Å². The molecule has 3 aromatic carbocycles. The number of thioether (sulfide) groups is 1. The zero-order valence-electron chi connectivity index (χ0n) is 21.6. The number of Topliss-reactive ketones (excluding diaryl/α,β-unsaturated/α-hetero) is 1. The molecule has 208 valence electrons. The molecule has 12 heteroatoms. The van der Waals surface area contributed by atoms with Crippen molar-refractivity contribution in [1.29, 1.82) is 0 Å². The molecule has 0 unspecified atom stereocenters. The molecule has 3 heterocycles. The molecule has 2 aliphatic rings. The van der Waals surface area contributed by atoms with Gasteiger partial charge in [-0.1, -0.05) is 53.4 Å². The Bertz CT molecular complexity index is 1670. The summed E-state index contributed by atoms with van der Waals surface area (Å²) in [5, 5.41) is 20.0. The predicted molar refractivity (Wildman–Crippen MR) is 151 cm³/mol. The summed E-state index contributed by atoms with van der Waals surface area (Å²) in [5.74, 6) is -0.561. The number of ketones is 1. The van der Waals surface area contributed by atoms with E-state index in [1.807, 2.05) is 0 Å². The minimum atomic E-state index is -0.994. The molecule has 0 saturated carbocycles. The van der Waals surface area contributed by atoms with E-state index in [2.05, 4.69) is 10.2 Å². The molecule has 1 amide bonds. The van der Waals surface area contributed by atoms with E-state index in [0.29, 0.717) is 57.2 Å². The molecule has 1 atom stereocenters. The topological polar surface area (TPSA) is 111 Å². The number of fused-ring (bicyclic) bond motifs is 1. The lowest BCUT2D eigenvalue weighted by Gasteiger charge is -2.23. The summed E-state index contributed by atoms with van der Waals surface area (Å²) in [6.07, 6.45) is 0. The Morgan fingerprint density at radius 1 is 1.07 bits per heavy atom. The minimum absolute atomic E-state index is 0.104. The number of rotatable bonds is 7. The lowest BCUT2D eigenvalue weighted by atomic mass is 9.95. The van der Waals surface area contributed by atoms with Crippen LogP contribution in [0.15, 0.2) is 76.6 Å². The van der Waals surface area contributed by atoms with Crippen molar-refractivity contribution in [3.63, 3.8) is 0 Å². The summed E-state index contributed by atoms with van der Waals surface area (Å²) < 4.78 is 31.1. The van der Waals surface area contributed by atoms with Crippen molar-refractivity contribution in [2.75, 3.05) is 25.2 Å².